The number of aryl methyl sites for hydroxylation is 1. The molecule has 1 aromatic carbocycles. The van der Waals surface area contributed by atoms with E-state index in [0.717, 1.165) is 41.1 Å². The largest absolute Gasteiger partial charge is 0.390 e. The van der Waals surface area contributed by atoms with Crippen LogP contribution in [-0.4, -0.2) is 41.9 Å². The lowest BCUT2D eigenvalue weighted by atomic mass is 9.58. The Morgan fingerprint density at radius 1 is 1.06 bits per heavy atom. The number of hydrogen-bond donors (Lipinski definition) is 4. The monoisotopic (exact) mass is 444 g/mol. The third kappa shape index (κ3) is 3.08. The summed E-state index contributed by atoms with van der Waals surface area (Å²) in [5.74, 6) is 1.46. The molecule has 0 bridgehead atoms. The average molecular weight is 445 g/mol. The van der Waals surface area contributed by atoms with E-state index < -0.39 is 12.2 Å². The molecular weight excluding hydrogens is 416 g/mol. The number of benzene rings is 1. The Labute approximate surface area is 191 Å². The maximum absolute atomic E-state index is 11.0. The number of rotatable bonds is 3. The van der Waals surface area contributed by atoms with Crippen molar-refractivity contribution in [2.24, 2.45) is 11.3 Å². The van der Waals surface area contributed by atoms with Crippen molar-refractivity contribution >= 4 is 33.6 Å². The van der Waals surface area contributed by atoms with Gasteiger partial charge in [-0.1, -0.05) is 12.1 Å². The van der Waals surface area contributed by atoms with Crippen LogP contribution in [0.3, 0.4) is 0 Å². The van der Waals surface area contributed by atoms with Gasteiger partial charge >= 0.3 is 0 Å². The summed E-state index contributed by atoms with van der Waals surface area (Å²) in [7, 11) is 0. The van der Waals surface area contributed by atoms with Gasteiger partial charge in [0, 0.05) is 17.0 Å². The number of aliphatic hydroxyl groups excluding tert-OH is 2. The molecule has 3 heterocycles. The summed E-state index contributed by atoms with van der Waals surface area (Å²) < 4.78 is 1.95. The second kappa shape index (κ2) is 7.13. The van der Waals surface area contributed by atoms with E-state index in [0.29, 0.717) is 29.6 Å². The Morgan fingerprint density at radius 2 is 1.88 bits per heavy atom. The molecule has 3 atom stereocenters. The summed E-state index contributed by atoms with van der Waals surface area (Å²) in [5, 5.41) is 23.8. The van der Waals surface area contributed by atoms with Crippen molar-refractivity contribution in [2.75, 3.05) is 11.5 Å². The fraction of sp³-hybridized carbons (Fsp3) is 0.400. The quantitative estimate of drug-likeness (QED) is 0.381. The first-order chi connectivity index (χ1) is 15.8. The van der Waals surface area contributed by atoms with Crippen LogP contribution in [0.4, 0.5) is 11.6 Å². The summed E-state index contributed by atoms with van der Waals surface area (Å²) in [6.45, 7) is 1.97. The van der Waals surface area contributed by atoms with Crippen LogP contribution in [0.25, 0.3) is 21.9 Å². The number of fused-ring (bicyclic) bond motifs is 2. The molecule has 170 valence electrons. The number of hydrogen-bond acceptors (Lipinski definition) is 7. The Balaban J connectivity index is 1.20. The van der Waals surface area contributed by atoms with Crippen LogP contribution in [0.5, 0.6) is 0 Å². The zero-order chi connectivity index (χ0) is 22.9. The number of nitrogen functional groups attached to an aromatic ring is 2. The second-order valence-electron chi connectivity index (χ2n) is 9.98. The van der Waals surface area contributed by atoms with Crippen molar-refractivity contribution in [2.45, 2.75) is 50.9 Å². The molecule has 2 aliphatic rings. The average Bonchev–Trinajstić information content (AvgIpc) is 3.30. The topological polar surface area (TPSA) is 136 Å². The van der Waals surface area contributed by atoms with E-state index in [1.807, 2.05) is 23.8 Å². The maximum Gasteiger partial charge on any atom is 0.145 e. The predicted molar refractivity (Wildman–Crippen MR) is 127 cm³/mol. The summed E-state index contributed by atoms with van der Waals surface area (Å²) in [6.07, 6.45) is 5.16. The normalized spacial score (nSPS) is 29.2. The molecule has 0 aliphatic heterocycles. The molecule has 0 radical (unpaired) electrons. The molecule has 2 aliphatic carbocycles. The minimum Gasteiger partial charge on any atom is -0.390 e. The number of aromatic nitrogens is 4. The predicted octanol–water partition coefficient (Wildman–Crippen LogP) is 2.76. The molecule has 33 heavy (non-hydrogen) atoms. The van der Waals surface area contributed by atoms with Gasteiger partial charge in [0.25, 0.3) is 0 Å². The highest BCUT2D eigenvalue weighted by Gasteiger charge is 2.59. The Morgan fingerprint density at radius 3 is 2.70 bits per heavy atom. The van der Waals surface area contributed by atoms with E-state index in [4.69, 9.17) is 11.5 Å². The lowest BCUT2D eigenvalue weighted by molar-refractivity contribution is -0.0841. The first-order valence-electron chi connectivity index (χ1n) is 11.4. The van der Waals surface area contributed by atoms with Crippen molar-refractivity contribution in [3.63, 3.8) is 0 Å². The van der Waals surface area contributed by atoms with Crippen LogP contribution >= 0.6 is 0 Å². The van der Waals surface area contributed by atoms with E-state index in [9.17, 15) is 10.2 Å². The lowest BCUT2D eigenvalue weighted by Gasteiger charge is -2.48. The smallest absolute Gasteiger partial charge is 0.145 e. The highest BCUT2D eigenvalue weighted by atomic mass is 16.3. The van der Waals surface area contributed by atoms with Crippen LogP contribution in [0.2, 0.25) is 0 Å². The van der Waals surface area contributed by atoms with Gasteiger partial charge in [-0.15, -0.1) is 0 Å². The fourth-order valence-corrected chi connectivity index (χ4v) is 6.19. The first kappa shape index (κ1) is 20.4. The van der Waals surface area contributed by atoms with Crippen LogP contribution in [-0.2, 0) is 6.42 Å². The second-order valence-corrected chi connectivity index (χ2v) is 9.98. The zero-order valence-electron chi connectivity index (χ0n) is 18.5. The molecule has 0 saturated heterocycles. The van der Waals surface area contributed by atoms with Gasteiger partial charge in [0.2, 0.25) is 0 Å². The lowest BCUT2D eigenvalue weighted by Crippen LogP contribution is -2.46. The van der Waals surface area contributed by atoms with Crippen molar-refractivity contribution in [3.05, 3.63) is 54.0 Å². The minimum absolute atomic E-state index is 0.233. The molecule has 1 spiro atoms. The number of anilines is 2. The molecule has 8 nitrogen and oxygen atoms in total. The molecule has 2 fully saturated rings. The van der Waals surface area contributed by atoms with Crippen LogP contribution in [0, 0.1) is 18.3 Å². The van der Waals surface area contributed by atoms with Gasteiger partial charge in [0.15, 0.2) is 0 Å². The molecule has 2 saturated carbocycles. The highest BCUT2D eigenvalue weighted by Crippen LogP contribution is 2.60. The summed E-state index contributed by atoms with van der Waals surface area (Å²) in [4.78, 5) is 12.9. The fourth-order valence-electron chi connectivity index (χ4n) is 6.19. The minimum atomic E-state index is -0.839. The molecule has 3 aromatic heterocycles. The van der Waals surface area contributed by atoms with Gasteiger partial charge in [-0.25, -0.2) is 15.0 Å². The maximum atomic E-state index is 11.0. The third-order valence-electron chi connectivity index (χ3n) is 7.88. The third-order valence-corrected chi connectivity index (χ3v) is 7.88. The molecule has 6 rings (SSSR count). The highest BCUT2D eigenvalue weighted by molar-refractivity contribution is 5.86. The molecule has 8 heteroatoms. The van der Waals surface area contributed by atoms with Crippen LogP contribution in [0.1, 0.15) is 36.4 Å². The molecule has 0 unspecified atom stereocenters. The van der Waals surface area contributed by atoms with E-state index in [1.54, 1.807) is 0 Å². The Kier molecular flexibility index (Phi) is 4.41. The number of pyridine rings is 1. The van der Waals surface area contributed by atoms with Crippen LogP contribution in [0.15, 0.2) is 42.9 Å². The van der Waals surface area contributed by atoms with Gasteiger partial charge in [-0.2, -0.15) is 0 Å². The van der Waals surface area contributed by atoms with E-state index >= 15 is 0 Å². The van der Waals surface area contributed by atoms with Gasteiger partial charge in [0.05, 0.1) is 23.0 Å². The number of aliphatic hydroxyl groups is 2. The summed E-state index contributed by atoms with van der Waals surface area (Å²) in [6, 6.07) is 10.1. The van der Waals surface area contributed by atoms with Gasteiger partial charge in [-0.05, 0) is 67.9 Å². The van der Waals surface area contributed by atoms with Crippen molar-refractivity contribution < 1.29 is 10.2 Å². The SMILES string of the molecule is Cc1cc2ccc(CC3CC4(C3)C[C@@H](n3ccc5c(N)ncnc53)[C@H](O)[C@@H]4O)cc2nc1N. The Bertz CT molecular complexity index is 1380. The van der Waals surface area contributed by atoms with Crippen molar-refractivity contribution in [1.29, 1.82) is 0 Å². The van der Waals surface area contributed by atoms with Crippen molar-refractivity contribution in [3.8, 4) is 0 Å². The number of nitrogens with zero attached hydrogens (tertiary/aromatic N) is 4. The van der Waals surface area contributed by atoms with E-state index in [1.165, 1.54) is 11.9 Å². The van der Waals surface area contributed by atoms with Crippen molar-refractivity contribution in [1.82, 2.24) is 19.5 Å². The number of nitrogens with two attached hydrogens (primary N) is 2. The first-order valence-corrected chi connectivity index (χ1v) is 11.4. The van der Waals surface area contributed by atoms with Gasteiger partial charge < -0.3 is 26.2 Å². The van der Waals surface area contributed by atoms with Gasteiger partial charge in [-0.3, -0.25) is 0 Å². The Hall–Kier alpha value is -3.23. The molecule has 4 aromatic rings. The van der Waals surface area contributed by atoms with Crippen LogP contribution < -0.4 is 11.5 Å². The van der Waals surface area contributed by atoms with E-state index in [2.05, 4.69) is 39.2 Å². The summed E-state index contributed by atoms with van der Waals surface area (Å²) >= 11 is 0. The summed E-state index contributed by atoms with van der Waals surface area (Å²) in [5.41, 5.74) is 15.5. The van der Waals surface area contributed by atoms with E-state index in [-0.39, 0.29) is 11.5 Å². The zero-order valence-corrected chi connectivity index (χ0v) is 18.5. The molecule has 0 amide bonds. The standard InChI is InChI=1S/C25H28N6O2/c1-13-6-16-3-2-14(8-18(16)30-22(13)26)7-15-9-25(10-15)11-19(20(32)21(25)33)31-5-4-17-23(27)28-12-29-24(17)31/h2-6,8,12,15,19-21,32-33H,7,9-11H2,1H3,(H2,26,30)(H2,27,28,29)/t15?,19-,20+,21+,25?/m1/s1. The molecule has 6 N–H and O–H groups in total. The van der Waals surface area contributed by atoms with Gasteiger partial charge in [0.1, 0.15) is 29.7 Å². The molecular formula is C25H28N6O2.